The molecule has 8 nitrogen and oxygen atoms in total. The van der Waals surface area contributed by atoms with E-state index in [1.807, 2.05) is 60.8 Å². The Labute approximate surface area is 171 Å². The summed E-state index contributed by atoms with van der Waals surface area (Å²) in [5.74, 6) is 0.576. The van der Waals surface area contributed by atoms with Crippen molar-refractivity contribution in [3.05, 3.63) is 71.9 Å². The van der Waals surface area contributed by atoms with Crippen molar-refractivity contribution in [2.75, 3.05) is 11.2 Å². The largest absolute Gasteiger partial charge is 0.361 e. The summed E-state index contributed by atoms with van der Waals surface area (Å²) in [5, 5.41) is 15.5. The van der Waals surface area contributed by atoms with Crippen molar-refractivity contribution in [3.8, 4) is 0 Å². The molecule has 4 aromatic rings. The molecular formula is C20H19N7OS. The van der Waals surface area contributed by atoms with E-state index in [1.165, 1.54) is 11.8 Å². The third-order valence-corrected chi connectivity index (χ3v) is 4.97. The maximum Gasteiger partial charge on any atom is 0.240 e. The summed E-state index contributed by atoms with van der Waals surface area (Å²) in [7, 11) is 0. The summed E-state index contributed by atoms with van der Waals surface area (Å²) in [5.41, 5.74) is 5.90. The van der Waals surface area contributed by atoms with E-state index >= 15 is 0 Å². The van der Waals surface area contributed by atoms with Gasteiger partial charge in [0.15, 0.2) is 0 Å². The molecule has 0 bridgehead atoms. The average molecular weight is 405 g/mol. The van der Waals surface area contributed by atoms with Crippen LogP contribution in [-0.2, 0) is 11.3 Å². The molecule has 0 radical (unpaired) electrons. The molecule has 2 aromatic carbocycles. The van der Waals surface area contributed by atoms with Gasteiger partial charge in [-0.3, -0.25) is 4.79 Å². The molecular weight excluding hydrogens is 386 g/mol. The molecule has 1 amide bonds. The van der Waals surface area contributed by atoms with Gasteiger partial charge in [-0.2, -0.15) is 10.1 Å². The highest BCUT2D eigenvalue weighted by Crippen LogP contribution is 2.16. The van der Waals surface area contributed by atoms with Crippen molar-refractivity contribution < 1.29 is 4.79 Å². The van der Waals surface area contributed by atoms with Crippen LogP contribution in [0.15, 0.2) is 71.1 Å². The number of nitrogens with one attached hydrogen (secondary N) is 4. The van der Waals surface area contributed by atoms with Gasteiger partial charge in [0.05, 0.1) is 12.0 Å². The zero-order valence-electron chi connectivity index (χ0n) is 15.4. The van der Waals surface area contributed by atoms with Gasteiger partial charge in [-0.05, 0) is 11.6 Å². The number of carbonyl (C=O) groups is 1. The lowest BCUT2D eigenvalue weighted by Crippen LogP contribution is -2.24. The number of hydrogen-bond donors (Lipinski definition) is 4. The number of nitrogens with zero attached hydrogens (tertiary/aromatic N) is 3. The first-order valence-corrected chi connectivity index (χ1v) is 9.97. The van der Waals surface area contributed by atoms with E-state index in [4.69, 9.17) is 0 Å². The van der Waals surface area contributed by atoms with Crippen molar-refractivity contribution in [3.63, 3.8) is 0 Å². The van der Waals surface area contributed by atoms with Crippen LogP contribution < -0.4 is 10.7 Å². The topological polar surface area (TPSA) is 111 Å². The lowest BCUT2D eigenvalue weighted by atomic mass is 10.2. The fourth-order valence-electron chi connectivity index (χ4n) is 2.70. The Hall–Kier alpha value is -3.59. The van der Waals surface area contributed by atoms with Crippen LogP contribution in [0, 0.1) is 0 Å². The SMILES string of the molecule is O=C(CSc1n[nH]c(N/N=C/c2c[nH]c3ccccc23)n1)NCc1ccccc1. The number of carbonyl (C=O) groups excluding carboxylic acids is 1. The van der Waals surface area contributed by atoms with Gasteiger partial charge in [0, 0.05) is 29.2 Å². The second kappa shape index (κ2) is 9.07. The highest BCUT2D eigenvalue weighted by molar-refractivity contribution is 7.99. The second-order valence-electron chi connectivity index (χ2n) is 6.18. The van der Waals surface area contributed by atoms with E-state index in [9.17, 15) is 4.79 Å². The lowest BCUT2D eigenvalue weighted by Gasteiger charge is -2.03. The van der Waals surface area contributed by atoms with Crippen LogP contribution in [-0.4, -0.2) is 38.0 Å². The van der Waals surface area contributed by atoms with Crippen LogP contribution in [0.2, 0.25) is 0 Å². The summed E-state index contributed by atoms with van der Waals surface area (Å²) >= 11 is 1.26. The first kappa shape index (κ1) is 18.8. The molecule has 0 saturated heterocycles. The third kappa shape index (κ3) is 5.02. The number of thioether (sulfide) groups is 1. The minimum atomic E-state index is -0.0736. The first-order chi connectivity index (χ1) is 14.3. The average Bonchev–Trinajstić information content (AvgIpc) is 3.39. The van der Waals surface area contributed by atoms with Crippen LogP contribution in [0.1, 0.15) is 11.1 Å². The summed E-state index contributed by atoms with van der Waals surface area (Å²) < 4.78 is 0. The maximum atomic E-state index is 12.0. The van der Waals surface area contributed by atoms with Crippen molar-refractivity contribution in [2.45, 2.75) is 11.7 Å². The minimum absolute atomic E-state index is 0.0736. The molecule has 2 heterocycles. The van der Waals surface area contributed by atoms with Crippen molar-refractivity contribution >= 4 is 40.7 Å². The highest BCUT2D eigenvalue weighted by atomic mass is 32.2. The number of para-hydroxylation sites is 1. The van der Waals surface area contributed by atoms with E-state index in [0.29, 0.717) is 17.6 Å². The smallest absolute Gasteiger partial charge is 0.240 e. The maximum absolute atomic E-state index is 12.0. The molecule has 2 aromatic heterocycles. The number of benzene rings is 2. The Morgan fingerprint density at radius 2 is 1.97 bits per heavy atom. The fourth-order valence-corrected chi connectivity index (χ4v) is 3.33. The Bertz CT molecular complexity index is 1120. The third-order valence-electron chi connectivity index (χ3n) is 4.13. The monoisotopic (exact) mass is 405 g/mol. The van der Waals surface area contributed by atoms with Gasteiger partial charge in [-0.1, -0.05) is 60.3 Å². The van der Waals surface area contributed by atoms with Gasteiger partial charge in [-0.25, -0.2) is 10.5 Å². The number of hydrazone groups is 1. The minimum Gasteiger partial charge on any atom is -0.361 e. The van der Waals surface area contributed by atoms with Crippen molar-refractivity contribution in [1.82, 2.24) is 25.5 Å². The van der Waals surface area contributed by atoms with Crippen LogP contribution in [0.4, 0.5) is 5.95 Å². The second-order valence-corrected chi connectivity index (χ2v) is 7.12. The van der Waals surface area contributed by atoms with E-state index < -0.39 is 0 Å². The van der Waals surface area contributed by atoms with E-state index in [1.54, 1.807) is 6.21 Å². The molecule has 0 spiro atoms. The van der Waals surface area contributed by atoms with E-state index in [2.05, 4.69) is 36.0 Å². The highest BCUT2D eigenvalue weighted by Gasteiger charge is 2.07. The van der Waals surface area contributed by atoms with Gasteiger partial charge in [0.2, 0.25) is 17.0 Å². The molecule has 4 N–H and O–H groups in total. The Morgan fingerprint density at radius 1 is 1.14 bits per heavy atom. The number of rotatable bonds is 8. The molecule has 0 aliphatic rings. The number of fused-ring (bicyclic) bond motifs is 1. The zero-order valence-corrected chi connectivity index (χ0v) is 16.2. The van der Waals surface area contributed by atoms with Crippen molar-refractivity contribution in [2.24, 2.45) is 5.10 Å². The number of hydrogen-bond acceptors (Lipinski definition) is 6. The Kier molecular flexibility index (Phi) is 5.87. The Balaban J connectivity index is 1.24. The van der Waals surface area contributed by atoms with Crippen LogP contribution in [0.5, 0.6) is 0 Å². The fraction of sp³-hybridized carbons (Fsp3) is 0.100. The quantitative estimate of drug-likeness (QED) is 0.204. The number of aromatic amines is 2. The normalized spacial score (nSPS) is 11.2. The van der Waals surface area contributed by atoms with Crippen LogP contribution in [0.25, 0.3) is 10.9 Å². The van der Waals surface area contributed by atoms with Gasteiger partial charge < -0.3 is 10.3 Å². The summed E-state index contributed by atoms with van der Waals surface area (Å²) in [6, 6.07) is 17.8. The van der Waals surface area contributed by atoms with Gasteiger partial charge in [0.1, 0.15) is 0 Å². The molecule has 0 aliphatic heterocycles. The van der Waals surface area contributed by atoms with Crippen molar-refractivity contribution in [1.29, 1.82) is 0 Å². The predicted octanol–water partition coefficient (Wildman–Crippen LogP) is 3.14. The first-order valence-electron chi connectivity index (χ1n) is 8.99. The molecule has 0 unspecified atom stereocenters. The molecule has 0 aliphatic carbocycles. The summed E-state index contributed by atoms with van der Waals surface area (Å²) in [4.78, 5) is 19.4. The molecule has 29 heavy (non-hydrogen) atoms. The van der Waals surface area contributed by atoms with Gasteiger partial charge in [-0.15, -0.1) is 5.10 Å². The summed E-state index contributed by atoms with van der Waals surface area (Å²) in [6.07, 6.45) is 3.61. The Morgan fingerprint density at radius 3 is 2.86 bits per heavy atom. The molecule has 146 valence electrons. The van der Waals surface area contributed by atoms with E-state index in [-0.39, 0.29) is 11.7 Å². The van der Waals surface area contributed by atoms with Crippen LogP contribution >= 0.6 is 11.8 Å². The van der Waals surface area contributed by atoms with E-state index in [0.717, 1.165) is 22.0 Å². The lowest BCUT2D eigenvalue weighted by molar-refractivity contribution is -0.118. The molecule has 0 saturated carbocycles. The molecule has 4 rings (SSSR count). The number of aromatic nitrogens is 4. The van der Waals surface area contributed by atoms with Gasteiger partial charge in [0.25, 0.3) is 0 Å². The zero-order chi connectivity index (χ0) is 19.9. The standard InChI is InChI=1S/C20H19N7OS/c28-18(22-10-14-6-2-1-3-7-14)13-29-20-24-19(26-27-20)25-23-12-15-11-21-17-9-5-4-8-16(15)17/h1-9,11-12,21H,10,13H2,(H,22,28)(H2,24,25,26,27)/b23-12+. The molecule has 0 atom stereocenters. The number of amides is 1. The number of anilines is 1. The van der Waals surface area contributed by atoms with Gasteiger partial charge >= 0.3 is 0 Å². The number of H-pyrrole nitrogens is 2. The summed E-state index contributed by atoms with van der Waals surface area (Å²) in [6.45, 7) is 0.504. The van der Waals surface area contributed by atoms with Crippen LogP contribution in [0.3, 0.4) is 0 Å². The molecule has 0 fully saturated rings. The molecule has 9 heteroatoms. The predicted molar refractivity (Wildman–Crippen MR) is 115 cm³/mol.